The van der Waals surface area contributed by atoms with Gasteiger partial charge < -0.3 is 5.32 Å². The predicted molar refractivity (Wildman–Crippen MR) is 130 cm³/mol. The fraction of sp³-hybridized carbons (Fsp3) is 0.0400. The van der Waals surface area contributed by atoms with E-state index in [4.69, 9.17) is 0 Å². The molecule has 0 saturated carbocycles. The second-order valence-electron chi connectivity index (χ2n) is 7.44. The lowest BCUT2D eigenvalue weighted by Gasteiger charge is -2.41. The summed E-state index contributed by atoms with van der Waals surface area (Å²) in [6.45, 7) is 0. The van der Waals surface area contributed by atoms with Crippen LogP contribution in [0, 0.1) is 0 Å². The molecule has 2 aliphatic rings. The Morgan fingerprint density at radius 3 is 1.83 bits per heavy atom. The van der Waals surface area contributed by atoms with E-state index < -0.39 is 0 Å². The van der Waals surface area contributed by atoms with Crippen molar-refractivity contribution in [2.45, 2.75) is 5.41 Å². The average molecular weight is 568 g/mol. The molecular weight excluding hydrogens is 554 g/mol. The summed E-state index contributed by atoms with van der Waals surface area (Å²) in [4.78, 5) is 0. The molecule has 0 unspecified atom stereocenters. The smallest absolute Gasteiger partial charge is 0.0755 e. The highest BCUT2D eigenvalue weighted by atomic mass is 79.9. The Bertz CT molecular complexity index is 1270. The molecule has 0 bridgehead atoms. The highest BCUT2D eigenvalue weighted by molar-refractivity contribution is 9.11. The quantitative estimate of drug-likeness (QED) is 0.194. The van der Waals surface area contributed by atoms with Crippen LogP contribution in [0.25, 0.3) is 11.1 Å². The maximum atomic E-state index is 3.80. The Morgan fingerprint density at radius 2 is 1.14 bits per heavy atom. The van der Waals surface area contributed by atoms with Crippen molar-refractivity contribution in [2.75, 3.05) is 5.32 Å². The van der Waals surface area contributed by atoms with Crippen molar-refractivity contribution in [1.82, 2.24) is 0 Å². The first-order chi connectivity index (χ1) is 14.1. The van der Waals surface area contributed by atoms with Crippen LogP contribution in [0.2, 0.25) is 0 Å². The van der Waals surface area contributed by atoms with Gasteiger partial charge in [0, 0.05) is 13.4 Å². The highest BCUT2D eigenvalue weighted by Gasteiger charge is 2.50. The maximum absolute atomic E-state index is 3.80. The molecule has 0 fully saturated rings. The number of nitrogens with one attached hydrogen (secondary N) is 1. The van der Waals surface area contributed by atoms with Crippen molar-refractivity contribution >= 4 is 59.2 Å². The summed E-state index contributed by atoms with van der Waals surface area (Å²) in [5, 5.41) is 3.70. The number of benzene rings is 4. The Balaban J connectivity index is 1.88. The molecule has 0 amide bonds. The van der Waals surface area contributed by atoms with Crippen molar-refractivity contribution in [3.63, 3.8) is 0 Å². The van der Waals surface area contributed by atoms with Gasteiger partial charge in [-0.05, 0) is 89.5 Å². The normalized spacial score (nSPS) is 14.6. The second-order valence-corrected chi connectivity index (χ2v) is 10.1. The first-order valence-electron chi connectivity index (χ1n) is 9.37. The molecule has 1 heterocycles. The molecule has 1 nitrogen and oxygen atoms in total. The Labute approximate surface area is 194 Å². The van der Waals surface area contributed by atoms with Gasteiger partial charge in [-0.1, -0.05) is 70.5 Å². The lowest BCUT2D eigenvalue weighted by Crippen LogP contribution is -2.33. The minimum Gasteiger partial charge on any atom is -0.353 e. The molecule has 4 aromatic carbocycles. The topological polar surface area (TPSA) is 12.0 Å². The van der Waals surface area contributed by atoms with Crippen LogP contribution in [0.1, 0.15) is 22.3 Å². The van der Waals surface area contributed by atoms with Crippen LogP contribution in [-0.4, -0.2) is 0 Å². The van der Waals surface area contributed by atoms with Crippen molar-refractivity contribution in [2.24, 2.45) is 0 Å². The summed E-state index contributed by atoms with van der Waals surface area (Å²) < 4.78 is 3.23. The maximum Gasteiger partial charge on any atom is 0.0755 e. The van der Waals surface area contributed by atoms with E-state index in [9.17, 15) is 0 Å². The van der Waals surface area contributed by atoms with Gasteiger partial charge in [-0.3, -0.25) is 0 Å². The number of fused-ring (bicyclic) bond motifs is 9. The van der Waals surface area contributed by atoms with Crippen LogP contribution in [-0.2, 0) is 5.41 Å². The van der Waals surface area contributed by atoms with E-state index in [1.165, 1.54) is 33.4 Å². The molecule has 1 spiro atoms. The van der Waals surface area contributed by atoms with Crippen molar-refractivity contribution in [3.8, 4) is 11.1 Å². The first-order valence-corrected chi connectivity index (χ1v) is 11.7. The molecule has 29 heavy (non-hydrogen) atoms. The molecule has 1 aliphatic heterocycles. The van der Waals surface area contributed by atoms with E-state index in [1.54, 1.807) is 0 Å². The van der Waals surface area contributed by atoms with Gasteiger partial charge in [-0.2, -0.15) is 0 Å². The standard InChI is InChI=1S/C25H14Br3N/c26-14-11-12-16-15-5-1-2-6-17(15)25(20(16)13-14)18-7-3-9-21(27)23(18)29-24-19(25)8-4-10-22(24)28/h1-13,29H. The molecule has 0 atom stereocenters. The van der Waals surface area contributed by atoms with Crippen LogP contribution in [0.15, 0.2) is 92.3 Å². The zero-order valence-electron chi connectivity index (χ0n) is 15.1. The number of hydrogen-bond acceptors (Lipinski definition) is 1. The Morgan fingerprint density at radius 1 is 0.552 bits per heavy atom. The lowest BCUT2D eigenvalue weighted by molar-refractivity contribution is 0.761. The summed E-state index contributed by atoms with van der Waals surface area (Å²) in [5.74, 6) is 0. The molecule has 0 aromatic heterocycles. The number of hydrogen-bond donors (Lipinski definition) is 1. The van der Waals surface area contributed by atoms with Crippen molar-refractivity contribution < 1.29 is 0 Å². The second kappa shape index (κ2) is 6.31. The molecular formula is C25H14Br3N. The summed E-state index contributed by atoms with van der Waals surface area (Å²) in [6.07, 6.45) is 0. The van der Waals surface area contributed by atoms with Gasteiger partial charge in [0.25, 0.3) is 0 Å². The zero-order chi connectivity index (χ0) is 19.8. The molecule has 1 N–H and O–H groups in total. The average Bonchev–Trinajstić information content (AvgIpc) is 3.00. The third-order valence-electron chi connectivity index (χ3n) is 6.09. The van der Waals surface area contributed by atoms with Crippen LogP contribution in [0.4, 0.5) is 11.4 Å². The van der Waals surface area contributed by atoms with Gasteiger partial charge in [0.15, 0.2) is 0 Å². The lowest BCUT2D eigenvalue weighted by atomic mass is 9.65. The third kappa shape index (κ3) is 2.25. The van der Waals surface area contributed by atoms with Gasteiger partial charge in [0.05, 0.1) is 16.8 Å². The fourth-order valence-electron chi connectivity index (χ4n) is 5.03. The van der Waals surface area contributed by atoms with E-state index >= 15 is 0 Å². The number of anilines is 2. The third-order valence-corrected chi connectivity index (χ3v) is 7.91. The number of halogens is 3. The number of rotatable bonds is 0. The Kier molecular flexibility index (Phi) is 3.90. The summed E-state index contributed by atoms with van der Waals surface area (Å²) in [7, 11) is 0. The molecule has 1 aliphatic carbocycles. The minimum atomic E-state index is -0.376. The van der Waals surface area contributed by atoms with Gasteiger partial charge in [-0.15, -0.1) is 0 Å². The van der Waals surface area contributed by atoms with Crippen molar-refractivity contribution in [1.29, 1.82) is 0 Å². The molecule has 0 saturated heterocycles. The minimum absolute atomic E-state index is 0.376. The first kappa shape index (κ1) is 17.9. The monoisotopic (exact) mass is 565 g/mol. The number of para-hydroxylation sites is 2. The largest absolute Gasteiger partial charge is 0.353 e. The molecule has 4 heteroatoms. The predicted octanol–water partition coefficient (Wildman–Crippen LogP) is 8.39. The molecule has 4 aromatic rings. The van der Waals surface area contributed by atoms with E-state index in [0.29, 0.717) is 0 Å². The van der Waals surface area contributed by atoms with Crippen LogP contribution >= 0.6 is 47.8 Å². The van der Waals surface area contributed by atoms with E-state index in [2.05, 4.69) is 132 Å². The van der Waals surface area contributed by atoms with Gasteiger partial charge in [-0.25, -0.2) is 0 Å². The van der Waals surface area contributed by atoms with Crippen LogP contribution in [0.3, 0.4) is 0 Å². The molecule has 0 radical (unpaired) electrons. The van der Waals surface area contributed by atoms with Crippen LogP contribution in [0.5, 0.6) is 0 Å². The zero-order valence-corrected chi connectivity index (χ0v) is 19.9. The van der Waals surface area contributed by atoms with Gasteiger partial charge >= 0.3 is 0 Å². The summed E-state index contributed by atoms with van der Waals surface area (Å²) in [5.41, 5.74) is 9.63. The molecule has 140 valence electrons. The van der Waals surface area contributed by atoms with E-state index in [-0.39, 0.29) is 5.41 Å². The van der Waals surface area contributed by atoms with E-state index in [1.807, 2.05) is 0 Å². The molecule has 6 rings (SSSR count). The van der Waals surface area contributed by atoms with Crippen LogP contribution < -0.4 is 5.32 Å². The van der Waals surface area contributed by atoms with Crippen molar-refractivity contribution in [3.05, 3.63) is 115 Å². The summed E-state index contributed by atoms with van der Waals surface area (Å²) in [6, 6.07) is 28.5. The highest BCUT2D eigenvalue weighted by Crippen LogP contribution is 2.62. The van der Waals surface area contributed by atoms with Gasteiger partial charge in [0.1, 0.15) is 0 Å². The SMILES string of the molecule is Brc1ccc2c(c1)C1(c3ccccc3-2)c2cccc(Br)c2Nc2c(Br)cccc21. The van der Waals surface area contributed by atoms with Gasteiger partial charge in [0.2, 0.25) is 0 Å². The summed E-state index contributed by atoms with van der Waals surface area (Å²) >= 11 is 11.3. The fourth-order valence-corrected chi connectivity index (χ4v) is 6.32. The Hall–Kier alpha value is -1.88. The van der Waals surface area contributed by atoms with E-state index in [0.717, 1.165) is 24.8 Å².